The summed E-state index contributed by atoms with van der Waals surface area (Å²) in [7, 11) is 0. The highest BCUT2D eigenvalue weighted by Gasteiger charge is 2.27. The first-order valence-electron chi connectivity index (χ1n) is 12.7. The Morgan fingerprint density at radius 1 is 1.03 bits per heavy atom. The molecule has 2 aromatic carbocycles. The molecule has 0 saturated carbocycles. The molecular formula is C28H36N4O6. The van der Waals surface area contributed by atoms with Crippen LogP contribution in [-0.4, -0.2) is 55.3 Å². The summed E-state index contributed by atoms with van der Waals surface area (Å²) >= 11 is 0. The Balaban J connectivity index is 1.48. The van der Waals surface area contributed by atoms with Crippen LogP contribution in [0.1, 0.15) is 44.7 Å². The van der Waals surface area contributed by atoms with E-state index in [0.29, 0.717) is 37.7 Å². The van der Waals surface area contributed by atoms with Crippen molar-refractivity contribution < 1.29 is 28.6 Å². The molecular weight excluding hydrogens is 488 g/mol. The van der Waals surface area contributed by atoms with Crippen molar-refractivity contribution in [3.05, 3.63) is 65.7 Å². The lowest BCUT2D eigenvalue weighted by Crippen LogP contribution is -2.45. The fourth-order valence-electron chi connectivity index (χ4n) is 3.53. The van der Waals surface area contributed by atoms with Gasteiger partial charge in [0.15, 0.2) is 5.96 Å². The van der Waals surface area contributed by atoms with E-state index in [4.69, 9.17) is 14.2 Å². The van der Waals surface area contributed by atoms with Crippen LogP contribution in [0.15, 0.2) is 59.6 Å². The minimum absolute atomic E-state index is 0.0903. The van der Waals surface area contributed by atoms with Crippen LogP contribution < -0.4 is 20.7 Å². The van der Waals surface area contributed by atoms with Gasteiger partial charge in [-0.15, -0.1) is 0 Å². The normalized spacial score (nSPS) is 13.5. The van der Waals surface area contributed by atoms with Crippen LogP contribution in [0, 0.1) is 0 Å². The Kier molecular flexibility index (Phi) is 10.5. The molecule has 0 aliphatic carbocycles. The zero-order valence-corrected chi connectivity index (χ0v) is 22.1. The van der Waals surface area contributed by atoms with Gasteiger partial charge in [0.05, 0.1) is 13.2 Å². The van der Waals surface area contributed by atoms with Gasteiger partial charge < -0.3 is 24.8 Å². The van der Waals surface area contributed by atoms with Gasteiger partial charge in [-0.25, -0.2) is 9.59 Å². The summed E-state index contributed by atoms with van der Waals surface area (Å²) < 4.78 is 16.5. The van der Waals surface area contributed by atoms with Crippen molar-refractivity contribution in [3.8, 4) is 5.75 Å². The quantitative estimate of drug-likeness (QED) is 0.304. The maximum absolute atomic E-state index is 12.8. The van der Waals surface area contributed by atoms with Crippen molar-refractivity contribution in [2.24, 2.45) is 4.99 Å². The first-order valence-corrected chi connectivity index (χ1v) is 12.7. The lowest BCUT2D eigenvalue weighted by molar-refractivity contribution is -0.157. The SMILES string of the molecule is CC(C)(C)OC(=O)[C@H](Cc1ccc(OCCCC(=O)NC2=NCCN2)cc1)NC(=O)OCc1ccccc1. The molecule has 0 unspecified atom stereocenters. The number of carbonyl (C=O) groups is 3. The second-order valence-corrected chi connectivity index (χ2v) is 9.80. The largest absolute Gasteiger partial charge is 0.494 e. The fraction of sp³-hybridized carbons (Fsp3) is 0.429. The van der Waals surface area contributed by atoms with E-state index >= 15 is 0 Å². The number of aliphatic imine (C=N–C) groups is 1. The van der Waals surface area contributed by atoms with Crippen LogP contribution in [0.5, 0.6) is 5.75 Å². The number of hydrogen-bond donors (Lipinski definition) is 3. The highest BCUT2D eigenvalue weighted by molar-refractivity contribution is 5.97. The summed E-state index contributed by atoms with van der Waals surface area (Å²) in [6, 6.07) is 15.6. The van der Waals surface area contributed by atoms with E-state index in [2.05, 4.69) is 20.9 Å². The number of alkyl carbamates (subject to hydrolysis) is 1. The topological polar surface area (TPSA) is 127 Å². The number of benzene rings is 2. The monoisotopic (exact) mass is 524 g/mol. The number of nitrogens with zero attached hydrogens (tertiary/aromatic N) is 1. The van der Waals surface area contributed by atoms with Crippen molar-refractivity contribution in [1.82, 2.24) is 16.0 Å². The summed E-state index contributed by atoms with van der Waals surface area (Å²) in [4.78, 5) is 41.3. The zero-order chi connectivity index (χ0) is 27.4. The standard InChI is InChI=1S/C28H36N4O6/c1-28(2,3)38-25(34)23(31-27(35)37-19-21-8-5-4-6-9-21)18-20-11-13-22(14-12-20)36-17-7-10-24(33)32-26-29-15-16-30-26/h4-6,8-9,11-14,23H,7,10,15-19H2,1-3H3,(H,31,35)(H2,29,30,32,33)/t23-/m0/s1. The van der Waals surface area contributed by atoms with Gasteiger partial charge >= 0.3 is 12.1 Å². The predicted octanol–water partition coefficient (Wildman–Crippen LogP) is 3.10. The molecule has 0 fully saturated rings. The van der Waals surface area contributed by atoms with Crippen LogP contribution in [0.3, 0.4) is 0 Å². The number of ether oxygens (including phenoxy) is 3. The number of carbonyl (C=O) groups excluding carboxylic acids is 3. The average Bonchev–Trinajstić information content (AvgIpc) is 3.38. The van der Waals surface area contributed by atoms with Crippen LogP contribution in [-0.2, 0) is 32.1 Å². The third-order valence-electron chi connectivity index (χ3n) is 5.31. The third-order valence-corrected chi connectivity index (χ3v) is 5.31. The van der Waals surface area contributed by atoms with Gasteiger partial charge in [-0.3, -0.25) is 15.1 Å². The summed E-state index contributed by atoms with van der Waals surface area (Å²) in [5.41, 5.74) is 0.939. The predicted molar refractivity (Wildman–Crippen MR) is 143 cm³/mol. The summed E-state index contributed by atoms with van der Waals surface area (Å²) in [5.74, 6) is 0.502. The van der Waals surface area contributed by atoms with E-state index in [1.807, 2.05) is 42.5 Å². The summed E-state index contributed by atoms with van der Waals surface area (Å²) in [6.45, 7) is 7.18. The van der Waals surface area contributed by atoms with Gasteiger partial charge in [-0.1, -0.05) is 42.5 Å². The molecule has 0 bridgehead atoms. The van der Waals surface area contributed by atoms with E-state index in [0.717, 1.165) is 17.7 Å². The molecule has 10 nitrogen and oxygen atoms in total. The molecule has 38 heavy (non-hydrogen) atoms. The van der Waals surface area contributed by atoms with Gasteiger partial charge in [-0.05, 0) is 50.5 Å². The molecule has 1 atom stereocenters. The van der Waals surface area contributed by atoms with Gasteiger partial charge in [0.25, 0.3) is 0 Å². The lowest BCUT2D eigenvalue weighted by atomic mass is 10.1. The highest BCUT2D eigenvalue weighted by Crippen LogP contribution is 2.16. The Hall–Kier alpha value is -4.08. The fourth-order valence-corrected chi connectivity index (χ4v) is 3.53. The Labute approximate surface area is 223 Å². The van der Waals surface area contributed by atoms with E-state index in [9.17, 15) is 14.4 Å². The van der Waals surface area contributed by atoms with Crippen molar-refractivity contribution in [1.29, 1.82) is 0 Å². The van der Waals surface area contributed by atoms with Crippen molar-refractivity contribution >= 4 is 23.9 Å². The molecule has 0 saturated heterocycles. The molecule has 1 heterocycles. The first-order chi connectivity index (χ1) is 18.2. The number of hydrogen-bond acceptors (Lipinski definition) is 8. The van der Waals surface area contributed by atoms with E-state index in [1.54, 1.807) is 32.9 Å². The maximum atomic E-state index is 12.8. The first kappa shape index (κ1) is 28.5. The number of amides is 2. The highest BCUT2D eigenvalue weighted by atomic mass is 16.6. The molecule has 1 aliphatic rings. The van der Waals surface area contributed by atoms with Gasteiger partial charge in [0, 0.05) is 19.4 Å². The molecule has 1 aliphatic heterocycles. The minimum atomic E-state index is -0.929. The minimum Gasteiger partial charge on any atom is -0.494 e. The van der Waals surface area contributed by atoms with E-state index in [1.165, 1.54) is 0 Å². The van der Waals surface area contributed by atoms with Crippen LogP contribution in [0.2, 0.25) is 0 Å². The lowest BCUT2D eigenvalue weighted by Gasteiger charge is -2.24. The smallest absolute Gasteiger partial charge is 0.408 e. The molecule has 10 heteroatoms. The number of guanidine groups is 1. The van der Waals surface area contributed by atoms with Gasteiger partial charge in [-0.2, -0.15) is 0 Å². The summed E-state index contributed by atoms with van der Waals surface area (Å²) in [6.07, 6.45) is 0.386. The average molecular weight is 525 g/mol. The van der Waals surface area contributed by atoms with E-state index < -0.39 is 23.7 Å². The number of nitrogens with one attached hydrogen (secondary N) is 3. The van der Waals surface area contributed by atoms with Crippen LogP contribution >= 0.6 is 0 Å². The Morgan fingerprint density at radius 3 is 2.42 bits per heavy atom. The third kappa shape index (κ3) is 10.5. The van der Waals surface area contributed by atoms with Crippen LogP contribution in [0.4, 0.5) is 4.79 Å². The number of esters is 1. The van der Waals surface area contributed by atoms with Crippen molar-refractivity contribution in [2.45, 2.75) is 58.3 Å². The van der Waals surface area contributed by atoms with Gasteiger partial charge in [0.1, 0.15) is 24.0 Å². The maximum Gasteiger partial charge on any atom is 0.408 e. The Bertz CT molecular complexity index is 1100. The molecule has 204 valence electrons. The number of rotatable bonds is 11. The van der Waals surface area contributed by atoms with E-state index in [-0.39, 0.29) is 18.9 Å². The molecule has 2 aromatic rings. The molecule has 2 amide bonds. The van der Waals surface area contributed by atoms with Crippen molar-refractivity contribution in [2.75, 3.05) is 19.7 Å². The summed E-state index contributed by atoms with van der Waals surface area (Å²) in [5, 5.41) is 8.35. The molecule has 0 spiro atoms. The molecule has 0 aromatic heterocycles. The second kappa shape index (κ2) is 14.0. The molecule has 3 N–H and O–H groups in total. The Morgan fingerprint density at radius 2 is 1.76 bits per heavy atom. The van der Waals surface area contributed by atoms with Crippen molar-refractivity contribution in [3.63, 3.8) is 0 Å². The zero-order valence-electron chi connectivity index (χ0n) is 22.1. The molecule has 3 rings (SSSR count). The van der Waals surface area contributed by atoms with Crippen LogP contribution in [0.25, 0.3) is 0 Å². The molecule has 0 radical (unpaired) electrons. The van der Waals surface area contributed by atoms with Gasteiger partial charge in [0.2, 0.25) is 5.91 Å². The second-order valence-electron chi connectivity index (χ2n) is 9.80.